The van der Waals surface area contributed by atoms with Crippen molar-refractivity contribution < 1.29 is 4.74 Å². The molecule has 3 nitrogen and oxygen atoms in total. The van der Waals surface area contributed by atoms with Crippen LogP contribution in [0.5, 0.6) is 0 Å². The van der Waals surface area contributed by atoms with Crippen LogP contribution in [0.4, 0.5) is 0 Å². The van der Waals surface area contributed by atoms with E-state index in [0.29, 0.717) is 12.0 Å². The van der Waals surface area contributed by atoms with Crippen molar-refractivity contribution >= 4 is 0 Å². The molecule has 1 heterocycles. The molecule has 2 fully saturated rings. The molecule has 2 N–H and O–H groups in total. The van der Waals surface area contributed by atoms with Gasteiger partial charge in [0.25, 0.3) is 0 Å². The molecule has 1 saturated carbocycles. The second kappa shape index (κ2) is 8.35. The lowest BCUT2D eigenvalue weighted by Crippen LogP contribution is -2.43. The molecule has 0 bridgehead atoms. The van der Waals surface area contributed by atoms with Gasteiger partial charge in [-0.25, -0.2) is 0 Å². The van der Waals surface area contributed by atoms with Crippen molar-refractivity contribution in [1.29, 1.82) is 0 Å². The molecule has 0 aromatic heterocycles. The van der Waals surface area contributed by atoms with Gasteiger partial charge < -0.3 is 15.4 Å². The maximum atomic E-state index is 6.37. The fourth-order valence-electron chi connectivity index (χ4n) is 4.11. The largest absolute Gasteiger partial charge is 0.381 e. The third-order valence-electron chi connectivity index (χ3n) is 5.30. The quantitative estimate of drug-likeness (QED) is 0.814. The average Bonchev–Trinajstić information content (AvgIpc) is 2.44. The summed E-state index contributed by atoms with van der Waals surface area (Å²) in [6, 6.07) is 0.431. The zero-order valence-electron chi connectivity index (χ0n) is 13.5. The lowest BCUT2D eigenvalue weighted by atomic mass is 9.76. The molecule has 20 heavy (non-hydrogen) atoms. The molecule has 0 radical (unpaired) electrons. The van der Waals surface area contributed by atoms with Crippen LogP contribution < -0.4 is 5.73 Å². The summed E-state index contributed by atoms with van der Waals surface area (Å²) in [5.74, 6) is 2.48. The summed E-state index contributed by atoms with van der Waals surface area (Å²) >= 11 is 0. The summed E-state index contributed by atoms with van der Waals surface area (Å²) in [5.41, 5.74) is 6.37. The van der Waals surface area contributed by atoms with Gasteiger partial charge in [-0.05, 0) is 56.9 Å². The SMILES string of the molecule is CCCC1CCC(N)C(CN(C)CC2CCOCC2)C1. The molecular weight excluding hydrogens is 248 g/mol. The minimum atomic E-state index is 0.431. The van der Waals surface area contributed by atoms with E-state index in [1.54, 1.807) is 0 Å². The van der Waals surface area contributed by atoms with Gasteiger partial charge in [-0.3, -0.25) is 0 Å². The van der Waals surface area contributed by atoms with Crippen LogP contribution in [0.15, 0.2) is 0 Å². The molecule has 3 atom stereocenters. The fraction of sp³-hybridized carbons (Fsp3) is 1.00. The van der Waals surface area contributed by atoms with E-state index < -0.39 is 0 Å². The molecule has 2 rings (SSSR count). The summed E-state index contributed by atoms with van der Waals surface area (Å²) in [6.07, 6.45) is 9.14. The summed E-state index contributed by atoms with van der Waals surface area (Å²) < 4.78 is 5.45. The van der Waals surface area contributed by atoms with Crippen LogP contribution >= 0.6 is 0 Å². The molecule has 2 aliphatic rings. The maximum Gasteiger partial charge on any atom is 0.0469 e. The zero-order valence-corrected chi connectivity index (χ0v) is 13.5. The Labute approximate surface area is 125 Å². The zero-order chi connectivity index (χ0) is 14.4. The summed E-state index contributed by atoms with van der Waals surface area (Å²) in [6.45, 7) is 6.64. The highest BCUT2D eigenvalue weighted by atomic mass is 16.5. The standard InChI is InChI=1S/C17H34N2O/c1-3-4-14-5-6-17(18)16(11-14)13-19(2)12-15-7-9-20-10-8-15/h14-17H,3-13,18H2,1-2H3. The Morgan fingerprint density at radius 3 is 2.50 bits per heavy atom. The van der Waals surface area contributed by atoms with Gasteiger partial charge in [-0.1, -0.05) is 19.8 Å². The van der Waals surface area contributed by atoms with E-state index in [2.05, 4.69) is 18.9 Å². The van der Waals surface area contributed by atoms with Gasteiger partial charge in [0.2, 0.25) is 0 Å². The van der Waals surface area contributed by atoms with E-state index in [1.807, 2.05) is 0 Å². The second-order valence-corrected chi connectivity index (χ2v) is 7.17. The van der Waals surface area contributed by atoms with Crippen molar-refractivity contribution in [2.75, 3.05) is 33.4 Å². The number of ether oxygens (including phenoxy) is 1. The van der Waals surface area contributed by atoms with Crippen molar-refractivity contribution in [3.8, 4) is 0 Å². The van der Waals surface area contributed by atoms with Gasteiger partial charge in [0.1, 0.15) is 0 Å². The number of nitrogens with zero attached hydrogens (tertiary/aromatic N) is 1. The van der Waals surface area contributed by atoms with Crippen LogP contribution in [-0.2, 0) is 4.74 Å². The molecular formula is C17H34N2O. The first-order valence-corrected chi connectivity index (χ1v) is 8.71. The van der Waals surface area contributed by atoms with Gasteiger partial charge in [-0.2, -0.15) is 0 Å². The Morgan fingerprint density at radius 2 is 1.80 bits per heavy atom. The second-order valence-electron chi connectivity index (χ2n) is 7.17. The molecule has 3 unspecified atom stereocenters. The molecule has 0 aromatic carbocycles. The first kappa shape index (κ1) is 16.3. The third-order valence-corrected chi connectivity index (χ3v) is 5.30. The third kappa shape index (κ3) is 5.01. The van der Waals surface area contributed by atoms with Crippen LogP contribution in [0.3, 0.4) is 0 Å². The Morgan fingerprint density at radius 1 is 1.05 bits per heavy atom. The smallest absolute Gasteiger partial charge is 0.0469 e. The Balaban J connectivity index is 1.74. The summed E-state index contributed by atoms with van der Waals surface area (Å²) in [4.78, 5) is 2.54. The van der Waals surface area contributed by atoms with Crippen LogP contribution in [0.1, 0.15) is 51.9 Å². The van der Waals surface area contributed by atoms with Gasteiger partial charge in [0.15, 0.2) is 0 Å². The van der Waals surface area contributed by atoms with Crippen molar-refractivity contribution in [2.24, 2.45) is 23.5 Å². The average molecular weight is 282 g/mol. The monoisotopic (exact) mass is 282 g/mol. The number of hydrogen-bond acceptors (Lipinski definition) is 3. The Hall–Kier alpha value is -0.120. The molecule has 0 spiro atoms. The molecule has 118 valence electrons. The van der Waals surface area contributed by atoms with Crippen LogP contribution in [0.25, 0.3) is 0 Å². The number of nitrogens with two attached hydrogens (primary N) is 1. The molecule has 1 aliphatic heterocycles. The van der Waals surface area contributed by atoms with E-state index in [9.17, 15) is 0 Å². The summed E-state index contributed by atoms with van der Waals surface area (Å²) in [7, 11) is 2.28. The normalized spacial score (nSPS) is 32.7. The predicted molar refractivity (Wildman–Crippen MR) is 84.8 cm³/mol. The van der Waals surface area contributed by atoms with Crippen molar-refractivity contribution in [3.05, 3.63) is 0 Å². The van der Waals surface area contributed by atoms with E-state index in [-0.39, 0.29) is 0 Å². The number of rotatable bonds is 6. The topological polar surface area (TPSA) is 38.5 Å². The first-order chi connectivity index (χ1) is 9.69. The minimum Gasteiger partial charge on any atom is -0.381 e. The molecule has 3 heteroatoms. The highest BCUT2D eigenvalue weighted by molar-refractivity contribution is 4.84. The van der Waals surface area contributed by atoms with Gasteiger partial charge >= 0.3 is 0 Å². The van der Waals surface area contributed by atoms with Crippen molar-refractivity contribution in [1.82, 2.24) is 4.90 Å². The van der Waals surface area contributed by atoms with Crippen LogP contribution in [0, 0.1) is 17.8 Å². The first-order valence-electron chi connectivity index (χ1n) is 8.71. The summed E-state index contributed by atoms with van der Waals surface area (Å²) in [5, 5.41) is 0. The van der Waals surface area contributed by atoms with Crippen LogP contribution in [0.2, 0.25) is 0 Å². The van der Waals surface area contributed by atoms with Crippen molar-refractivity contribution in [2.45, 2.75) is 57.9 Å². The predicted octanol–water partition coefficient (Wildman–Crippen LogP) is 2.89. The van der Waals surface area contributed by atoms with E-state index >= 15 is 0 Å². The minimum absolute atomic E-state index is 0.431. The van der Waals surface area contributed by atoms with Gasteiger partial charge in [0, 0.05) is 32.3 Å². The molecule has 0 amide bonds. The molecule has 1 saturated heterocycles. The Bertz CT molecular complexity index is 266. The lowest BCUT2D eigenvalue weighted by molar-refractivity contribution is 0.0515. The Kier molecular flexibility index (Phi) is 6.79. The van der Waals surface area contributed by atoms with E-state index in [4.69, 9.17) is 10.5 Å². The van der Waals surface area contributed by atoms with Crippen molar-refractivity contribution in [3.63, 3.8) is 0 Å². The van der Waals surface area contributed by atoms with E-state index in [1.165, 1.54) is 58.0 Å². The fourth-order valence-corrected chi connectivity index (χ4v) is 4.11. The maximum absolute atomic E-state index is 6.37. The molecule has 1 aliphatic carbocycles. The van der Waals surface area contributed by atoms with Crippen LogP contribution in [-0.4, -0.2) is 44.3 Å². The highest BCUT2D eigenvalue weighted by Gasteiger charge is 2.29. The highest BCUT2D eigenvalue weighted by Crippen LogP contribution is 2.32. The van der Waals surface area contributed by atoms with Gasteiger partial charge in [-0.15, -0.1) is 0 Å². The van der Waals surface area contributed by atoms with Gasteiger partial charge in [0.05, 0.1) is 0 Å². The number of hydrogen-bond donors (Lipinski definition) is 1. The van der Waals surface area contributed by atoms with E-state index in [0.717, 1.165) is 25.0 Å². The molecule has 0 aromatic rings. The lowest BCUT2D eigenvalue weighted by Gasteiger charge is -2.37.